The minimum Gasteiger partial charge on any atom is -0.353 e. The summed E-state index contributed by atoms with van der Waals surface area (Å²) in [5.41, 5.74) is 0. The molecule has 0 aliphatic heterocycles. The molecule has 3 rings (SSSR count). The third-order valence-corrected chi connectivity index (χ3v) is 7.09. The number of nitrogens with zero attached hydrogens (tertiary/aromatic N) is 8. The molecule has 0 saturated heterocycles. The van der Waals surface area contributed by atoms with Gasteiger partial charge in [0.25, 0.3) is 26.2 Å². The highest BCUT2D eigenvalue weighted by Gasteiger charge is 2.14. The predicted molar refractivity (Wildman–Crippen MR) is 164 cm³/mol. The molecule has 0 saturated carbocycles. The summed E-state index contributed by atoms with van der Waals surface area (Å²) in [6, 6.07) is 0. The lowest BCUT2D eigenvalue weighted by Gasteiger charge is -2.10. The van der Waals surface area contributed by atoms with Crippen LogP contribution in [0.5, 0.6) is 0 Å². The summed E-state index contributed by atoms with van der Waals surface area (Å²) in [5, 5.41) is 46.5. The fraction of sp³-hybridized carbons (Fsp3) is 0.500. The molecule has 0 unspecified atom stereocenters. The Morgan fingerprint density at radius 2 is 0.979 bits per heavy atom. The maximum atomic E-state index is 11.0. The Kier molecular flexibility index (Phi) is 15.4. The van der Waals surface area contributed by atoms with Crippen LogP contribution in [0.2, 0.25) is 0 Å². The van der Waals surface area contributed by atoms with Crippen molar-refractivity contribution in [1.29, 1.82) is 0 Å². The van der Waals surface area contributed by atoms with Crippen LogP contribution >= 0.6 is 24.1 Å². The fourth-order valence-corrected chi connectivity index (χ4v) is 4.18. The van der Waals surface area contributed by atoms with Gasteiger partial charge < -0.3 is 21.3 Å². The van der Waals surface area contributed by atoms with Crippen LogP contribution in [0.1, 0.15) is 0 Å². The van der Waals surface area contributed by atoms with Gasteiger partial charge in [0.05, 0.1) is 11.5 Å². The average Bonchev–Trinajstić information content (AvgIpc) is 3.41. The third-order valence-electron chi connectivity index (χ3n) is 4.59. The lowest BCUT2D eigenvalue weighted by atomic mass is 10.7. The van der Waals surface area contributed by atoms with E-state index in [1.165, 1.54) is 0 Å². The molecule has 3 aromatic heterocycles. The number of aromatic nitrogens is 9. The molecule has 47 heavy (non-hydrogen) atoms. The molecule has 31 heteroatoms. The topological polar surface area (TPSA) is 377 Å². The number of hydrogen-bond donors (Lipinski definition) is 11. The van der Waals surface area contributed by atoms with Gasteiger partial charge in [-0.15, -0.1) is 13.8 Å². The van der Waals surface area contributed by atoms with Crippen LogP contribution in [0.25, 0.3) is 0 Å². The summed E-state index contributed by atoms with van der Waals surface area (Å²) in [4.78, 5) is 29.0. The zero-order valence-electron chi connectivity index (χ0n) is 23.4. The van der Waals surface area contributed by atoms with Crippen LogP contribution < -0.4 is 31.9 Å². The molecule has 3 aromatic rings. The van der Waals surface area contributed by atoms with Gasteiger partial charge in [-0.05, 0) is 0 Å². The largest absolute Gasteiger partial charge is 0.353 e. The van der Waals surface area contributed by atoms with Crippen molar-refractivity contribution in [2.24, 2.45) is 0 Å². The Labute approximate surface area is 272 Å². The van der Waals surface area contributed by atoms with Gasteiger partial charge in [0.1, 0.15) is 0 Å². The van der Waals surface area contributed by atoms with E-state index in [1.807, 2.05) is 0 Å². The van der Waals surface area contributed by atoms with Crippen LogP contribution in [-0.4, -0.2) is 131 Å². The first-order valence-corrected chi connectivity index (χ1v) is 17.5. The minimum absolute atomic E-state index is 0.00805. The van der Waals surface area contributed by atoms with E-state index in [9.17, 15) is 16.8 Å². The van der Waals surface area contributed by atoms with Crippen molar-refractivity contribution in [2.75, 3.05) is 81.1 Å². The van der Waals surface area contributed by atoms with Crippen molar-refractivity contribution in [3.05, 3.63) is 0 Å². The predicted octanol–water partition coefficient (Wildman–Crippen LogP) is -0.776. The molecule has 27 nitrogen and oxygen atoms in total. The molecule has 0 aliphatic rings. The van der Waals surface area contributed by atoms with E-state index >= 15 is 0 Å². The molecule has 0 bridgehead atoms. The van der Waals surface area contributed by atoms with Crippen LogP contribution in [0, 0.1) is 0 Å². The van der Waals surface area contributed by atoms with Gasteiger partial charge in [-0.25, -0.2) is 15.6 Å². The van der Waals surface area contributed by atoms with Gasteiger partial charge in [-0.3, -0.25) is 19.7 Å². The molecule has 262 valence electrons. The van der Waals surface area contributed by atoms with Crippen molar-refractivity contribution in [3.63, 3.8) is 0 Å². The van der Waals surface area contributed by atoms with E-state index in [0.29, 0.717) is 11.5 Å². The van der Waals surface area contributed by atoms with E-state index in [1.54, 1.807) is 0 Å². The summed E-state index contributed by atoms with van der Waals surface area (Å²) < 4.78 is 70.7. The standard InChI is InChI=1S/C16H27N15O12S4/c32-40-42-44-5-1-17-9-21-10(18-2-6-45-43-41-33)24-13(23-9)27-15-29-16(31-30-15)28-14-25-11(19-3-7-46(34,35)36)22-12(26-14)20-4-8-47(37,38)39/h32-33H,1-8H2,(H,34,35,36)(H,37,38,39)(H7,17,18,19,20,21,22,23,24,25,26,27,28,29,30,31). The summed E-state index contributed by atoms with van der Waals surface area (Å²) in [6.07, 6.45) is 0. The van der Waals surface area contributed by atoms with E-state index in [2.05, 4.69) is 95.7 Å². The Morgan fingerprint density at radius 1 is 0.574 bits per heavy atom. The second-order valence-corrected chi connectivity index (χ2v) is 12.8. The summed E-state index contributed by atoms with van der Waals surface area (Å²) in [6.45, 7) is 0.00902. The van der Waals surface area contributed by atoms with Crippen molar-refractivity contribution in [1.82, 2.24) is 45.1 Å². The number of anilines is 8. The van der Waals surface area contributed by atoms with Crippen LogP contribution in [0.3, 0.4) is 0 Å². The van der Waals surface area contributed by atoms with Crippen molar-refractivity contribution < 1.29 is 55.2 Å². The zero-order valence-corrected chi connectivity index (χ0v) is 26.7. The second-order valence-electron chi connectivity index (χ2n) is 8.08. The molecule has 0 aromatic carbocycles. The van der Waals surface area contributed by atoms with Crippen molar-refractivity contribution in [2.45, 2.75) is 0 Å². The SMILES string of the molecule is O=S(=O)(O)CCNc1nc(NCCS(=O)(=O)O)nc(Nc2n[nH]c(Nc3nc(NCCSOOO)nc(NCCSOOO)n3)n2)n1. The molecule has 0 amide bonds. The number of hydrogen-bond acceptors (Lipinski definition) is 26. The van der Waals surface area contributed by atoms with Crippen LogP contribution in [-0.2, 0) is 39.0 Å². The van der Waals surface area contributed by atoms with Crippen LogP contribution in [0.4, 0.5) is 47.6 Å². The zero-order chi connectivity index (χ0) is 34.1. The quantitative estimate of drug-likeness (QED) is 0.0176. The minimum atomic E-state index is -4.29. The highest BCUT2D eigenvalue weighted by molar-refractivity contribution is 7.94. The van der Waals surface area contributed by atoms with Gasteiger partial charge in [-0.2, -0.15) is 51.7 Å². The van der Waals surface area contributed by atoms with Gasteiger partial charge >= 0.3 is 0 Å². The van der Waals surface area contributed by atoms with E-state index < -0.39 is 31.7 Å². The molecule has 0 fully saturated rings. The Balaban J connectivity index is 1.72. The lowest BCUT2D eigenvalue weighted by molar-refractivity contribution is -0.432. The molecular weight excluding hydrogens is 723 g/mol. The molecule has 0 spiro atoms. The highest BCUT2D eigenvalue weighted by Crippen LogP contribution is 2.17. The number of rotatable bonds is 24. The van der Waals surface area contributed by atoms with Gasteiger partial charge in [0.15, 0.2) is 0 Å². The molecule has 11 N–H and O–H groups in total. The van der Waals surface area contributed by atoms with Gasteiger partial charge in [-0.1, -0.05) is 10.1 Å². The maximum Gasteiger partial charge on any atom is 0.266 e. The molecular formula is C16H27N15O12S4. The lowest BCUT2D eigenvalue weighted by Crippen LogP contribution is -2.19. The Bertz CT molecular complexity index is 1530. The van der Waals surface area contributed by atoms with Gasteiger partial charge in [0, 0.05) is 61.8 Å². The first-order valence-electron chi connectivity index (χ1n) is 12.5. The normalized spacial score (nSPS) is 11.7. The van der Waals surface area contributed by atoms with Gasteiger partial charge in [0.2, 0.25) is 41.6 Å². The van der Waals surface area contributed by atoms with Crippen LogP contribution in [0.15, 0.2) is 0 Å². The molecule has 0 atom stereocenters. The first-order chi connectivity index (χ1) is 22.4. The number of H-pyrrole nitrogens is 1. The summed E-state index contributed by atoms with van der Waals surface area (Å²) in [5.74, 6) is -0.938. The molecule has 0 aliphatic carbocycles. The summed E-state index contributed by atoms with van der Waals surface area (Å²) >= 11 is 1.63. The Hall–Kier alpha value is -3.76. The maximum absolute atomic E-state index is 11.0. The van der Waals surface area contributed by atoms with E-state index in [4.69, 9.17) is 19.6 Å². The fourth-order valence-electron chi connectivity index (χ4n) is 2.86. The molecule has 0 radical (unpaired) electrons. The van der Waals surface area contributed by atoms with E-state index in [-0.39, 0.29) is 73.8 Å². The average molecular weight is 750 g/mol. The Morgan fingerprint density at radius 3 is 1.40 bits per heavy atom. The monoisotopic (exact) mass is 749 g/mol. The third kappa shape index (κ3) is 16.1. The van der Waals surface area contributed by atoms with Crippen molar-refractivity contribution in [3.8, 4) is 0 Å². The first kappa shape index (κ1) is 37.7. The van der Waals surface area contributed by atoms with Crippen molar-refractivity contribution >= 4 is 91.9 Å². The van der Waals surface area contributed by atoms with E-state index in [0.717, 1.165) is 24.1 Å². The smallest absolute Gasteiger partial charge is 0.266 e. The molecule has 3 heterocycles. The summed E-state index contributed by atoms with van der Waals surface area (Å²) in [7, 11) is -8.58. The highest BCUT2D eigenvalue weighted by atomic mass is 32.2. The second kappa shape index (κ2) is 19.2. The number of nitrogens with one attached hydrogen (secondary N) is 7. The number of aromatic amines is 1.